The first kappa shape index (κ1) is 19.3. The number of nitrogens with zero attached hydrogens (tertiary/aromatic N) is 2. The largest absolute Gasteiger partial charge is 0.478 e. The van der Waals surface area contributed by atoms with Gasteiger partial charge < -0.3 is 19.9 Å². The van der Waals surface area contributed by atoms with Crippen LogP contribution in [0.2, 0.25) is 0 Å². The van der Waals surface area contributed by atoms with Crippen LogP contribution in [0, 0.1) is 6.92 Å². The van der Waals surface area contributed by atoms with Crippen molar-refractivity contribution in [3.8, 4) is 22.9 Å². The van der Waals surface area contributed by atoms with Gasteiger partial charge in [-0.2, -0.15) is 0 Å². The molecule has 2 aromatic carbocycles. The molecule has 1 aliphatic heterocycles. The molecule has 0 amide bonds. The Kier molecular flexibility index (Phi) is 4.91. The second-order valence-corrected chi connectivity index (χ2v) is 8.10. The zero-order valence-corrected chi connectivity index (χ0v) is 17.5. The fraction of sp³-hybridized carbons (Fsp3) is 0.174. The maximum atomic E-state index is 11.1. The second kappa shape index (κ2) is 7.88. The number of carboxylic acid groups (broad SMARTS) is 1. The number of carbonyl (C=O) groups is 1. The number of aromatic carboxylic acids is 1. The van der Waals surface area contributed by atoms with Gasteiger partial charge in [-0.25, -0.2) is 14.8 Å². The number of hydrogen-bond donors (Lipinski definition) is 2. The fourth-order valence-corrected chi connectivity index (χ4v) is 4.45. The van der Waals surface area contributed by atoms with E-state index in [4.69, 9.17) is 24.5 Å². The number of thiophene rings is 1. The third kappa shape index (κ3) is 3.77. The Morgan fingerprint density at radius 2 is 1.94 bits per heavy atom. The molecule has 0 bridgehead atoms. The van der Waals surface area contributed by atoms with Gasteiger partial charge in [0.15, 0.2) is 17.3 Å². The van der Waals surface area contributed by atoms with Crippen LogP contribution in [0.1, 0.15) is 21.5 Å². The normalized spacial score (nSPS) is 12.3. The summed E-state index contributed by atoms with van der Waals surface area (Å²) in [6.45, 7) is 3.01. The lowest BCUT2D eigenvalue weighted by Gasteiger charge is -2.10. The van der Waals surface area contributed by atoms with Crippen molar-refractivity contribution < 1.29 is 19.4 Å². The monoisotopic (exact) mass is 433 g/mol. The Balaban J connectivity index is 1.40. The van der Waals surface area contributed by atoms with Crippen molar-refractivity contribution in [3.05, 3.63) is 64.5 Å². The van der Waals surface area contributed by atoms with E-state index in [9.17, 15) is 4.79 Å². The smallest absolute Gasteiger partial charge is 0.335 e. The lowest BCUT2D eigenvalue weighted by atomic mass is 10.1. The zero-order chi connectivity index (χ0) is 21.4. The first-order valence-electron chi connectivity index (χ1n) is 9.80. The van der Waals surface area contributed by atoms with E-state index in [-0.39, 0.29) is 12.4 Å². The minimum Gasteiger partial charge on any atom is -0.478 e. The topological polar surface area (TPSA) is 93.6 Å². The molecule has 2 aromatic heterocycles. The number of aromatic nitrogens is 2. The molecular formula is C23H19N3O4S. The first-order chi connectivity index (χ1) is 15.1. The van der Waals surface area contributed by atoms with Crippen LogP contribution in [0.3, 0.4) is 0 Å². The lowest BCUT2D eigenvalue weighted by Crippen LogP contribution is -2.08. The third-order valence-electron chi connectivity index (χ3n) is 5.15. The summed E-state index contributed by atoms with van der Waals surface area (Å²) < 4.78 is 10.8. The van der Waals surface area contributed by atoms with Crippen LogP contribution < -0.4 is 14.8 Å². The molecule has 4 aromatic rings. The predicted octanol–water partition coefficient (Wildman–Crippen LogP) is 4.75. The SMILES string of the molecule is Cc1csc2nc(-c3ccc(C(=O)O)cc3)nc(NCCc3ccc4c(c3)OCO4)c12. The number of rotatable bonds is 6. The van der Waals surface area contributed by atoms with Gasteiger partial charge in [-0.1, -0.05) is 18.2 Å². The van der Waals surface area contributed by atoms with E-state index < -0.39 is 5.97 Å². The lowest BCUT2D eigenvalue weighted by molar-refractivity contribution is 0.0697. The van der Waals surface area contributed by atoms with E-state index in [1.807, 2.05) is 25.1 Å². The van der Waals surface area contributed by atoms with E-state index in [1.165, 1.54) is 0 Å². The summed E-state index contributed by atoms with van der Waals surface area (Å²) in [6.07, 6.45) is 0.800. The van der Waals surface area contributed by atoms with Crippen LogP contribution in [-0.2, 0) is 6.42 Å². The molecule has 0 saturated carbocycles. The third-order valence-corrected chi connectivity index (χ3v) is 6.14. The number of ether oxygens (including phenoxy) is 2. The molecule has 0 saturated heterocycles. The highest BCUT2D eigenvalue weighted by atomic mass is 32.1. The van der Waals surface area contributed by atoms with Crippen LogP contribution in [0.4, 0.5) is 5.82 Å². The van der Waals surface area contributed by atoms with Crippen molar-refractivity contribution in [3.63, 3.8) is 0 Å². The molecule has 0 radical (unpaired) electrons. The van der Waals surface area contributed by atoms with Gasteiger partial charge in [0.2, 0.25) is 6.79 Å². The molecule has 0 atom stereocenters. The molecule has 0 fully saturated rings. The van der Waals surface area contributed by atoms with Gasteiger partial charge in [0.25, 0.3) is 0 Å². The van der Waals surface area contributed by atoms with Gasteiger partial charge in [0, 0.05) is 12.1 Å². The fourth-order valence-electron chi connectivity index (χ4n) is 3.52. The van der Waals surface area contributed by atoms with E-state index in [0.717, 1.165) is 50.6 Å². The molecule has 3 heterocycles. The van der Waals surface area contributed by atoms with Gasteiger partial charge >= 0.3 is 5.97 Å². The summed E-state index contributed by atoms with van der Waals surface area (Å²) in [6, 6.07) is 12.6. The highest BCUT2D eigenvalue weighted by Gasteiger charge is 2.15. The molecule has 156 valence electrons. The van der Waals surface area contributed by atoms with Crippen molar-refractivity contribution >= 4 is 33.3 Å². The Labute approximate surface area is 182 Å². The van der Waals surface area contributed by atoms with E-state index in [2.05, 4.69) is 10.7 Å². The number of aryl methyl sites for hydroxylation is 1. The van der Waals surface area contributed by atoms with Gasteiger partial charge in [0.1, 0.15) is 10.6 Å². The summed E-state index contributed by atoms with van der Waals surface area (Å²) in [5.74, 6) is 1.95. The van der Waals surface area contributed by atoms with Crippen molar-refractivity contribution in [1.29, 1.82) is 0 Å². The molecule has 31 heavy (non-hydrogen) atoms. The van der Waals surface area contributed by atoms with Crippen molar-refractivity contribution in [2.24, 2.45) is 0 Å². The van der Waals surface area contributed by atoms with Crippen LogP contribution in [0.5, 0.6) is 11.5 Å². The maximum absolute atomic E-state index is 11.1. The van der Waals surface area contributed by atoms with Crippen molar-refractivity contribution in [2.45, 2.75) is 13.3 Å². The molecule has 8 heteroatoms. The zero-order valence-electron chi connectivity index (χ0n) is 16.7. The minimum absolute atomic E-state index is 0.235. The Hall–Kier alpha value is -3.65. The number of hydrogen-bond acceptors (Lipinski definition) is 7. The Morgan fingerprint density at radius 1 is 1.13 bits per heavy atom. The summed E-state index contributed by atoms with van der Waals surface area (Å²) in [5.41, 5.74) is 3.28. The maximum Gasteiger partial charge on any atom is 0.335 e. The number of anilines is 1. The number of benzene rings is 2. The summed E-state index contributed by atoms with van der Waals surface area (Å²) in [7, 11) is 0. The van der Waals surface area contributed by atoms with Gasteiger partial charge in [0.05, 0.1) is 10.9 Å². The van der Waals surface area contributed by atoms with E-state index in [1.54, 1.807) is 35.6 Å². The summed E-state index contributed by atoms with van der Waals surface area (Å²) >= 11 is 1.57. The number of fused-ring (bicyclic) bond motifs is 2. The average molecular weight is 433 g/mol. The van der Waals surface area contributed by atoms with E-state index in [0.29, 0.717) is 12.4 Å². The van der Waals surface area contributed by atoms with Crippen molar-refractivity contribution in [2.75, 3.05) is 18.7 Å². The van der Waals surface area contributed by atoms with Crippen molar-refractivity contribution in [1.82, 2.24) is 9.97 Å². The molecule has 7 nitrogen and oxygen atoms in total. The van der Waals surface area contributed by atoms with Crippen LogP contribution in [0.25, 0.3) is 21.6 Å². The molecule has 1 aliphatic rings. The van der Waals surface area contributed by atoms with Gasteiger partial charge in [-0.15, -0.1) is 11.3 Å². The first-order valence-corrected chi connectivity index (χ1v) is 10.7. The van der Waals surface area contributed by atoms with Crippen LogP contribution >= 0.6 is 11.3 Å². The molecule has 0 unspecified atom stereocenters. The molecule has 0 spiro atoms. The minimum atomic E-state index is -0.956. The highest BCUT2D eigenvalue weighted by Crippen LogP contribution is 2.34. The predicted molar refractivity (Wildman–Crippen MR) is 119 cm³/mol. The summed E-state index contributed by atoms with van der Waals surface area (Å²) in [5, 5.41) is 15.7. The Bertz CT molecular complexity index is 1280. The average Bonchev–Trinajstić information content (AvgIpc) is 3.40. The standard InChI is InChI=1S/C23H19N3O4S/c1-13-11-31-22-19(13)21(24-9-8-14-2-7-17-18(10-14)30-12-29-17)25-20(26-22)15-3-5-16(6-4-15)23(27)28/h2-7,10-11H,8-9,12H2,1H3,(H,27,28)(H,24,25,26). The van der Waals surface area contributed by atoms with Crippen LogP contribution in [-0.4, -0.2) is 34.4 Å². The van der Waals surface area contributed by atoms with E-state index >= 15 is 0 Å². The molecule has 5 rings (SSSR count). The molecule has 2 N–H and O–H groups in total. The highest BCUT2D eigenvalue weighted by molar-refractivity contribution is 7.17. The summed E-state index contributed by atoms with van der Waals surface area (Å²) in [4.78, 5) is 21.5. The number of carboxylic acids is 1. The Morgan fingerprint density at radius 3 is 2.74 bits per heavy atom. The quantitative estimate of drug-likeness (QED) is 0.453. The van der Waals surface area contributed by atoms with Crippen LogP contribution in [0.15, 0.2) is 47.8 Å². The second-order valence-electron chi connectivity index (χ2n) is 7.24. The van der Waals surface area contributed by atoms with Gasteiger partial charge in [-0.05, 0) is 54.1 Å². The molecule has 0 aliphatic carbocycles. The molecular weight excluding hydrogens is 414 g/mol. The number of nitrogens with one attached hydrogen (secondary N) is 1. The van der Waals surface area contributed by atoms with Gasteiger partial charge in [-0.3, -0.25) is 0 Å².